The van der Waals surface area contributed by atoms with Gasteiger partial charge in [0.25, 0.3) is 0 Å². The predicted molar refractivity (Wildman–Crippen MR) is 81.9 cm³/mol. The summed E-state index contributed by atoms with van der Waals surface area (Å²) >= 11 is 0. The van der Waals surface area contributed by atoms with Crippen molar-refractivity contribution < 1.29 is 23.1 Å². The number of aliphatic hydroxyl groups excluding tert-OH is 1. The van der Waals surface area contributed by atoms with Gasteiger partial charge < -0.3 is 14.8 Å². The zero-order valence-corrected chi connectivity index (χ0v) is 12.9. The summed E-state index contributed by atoms with van der Waals surface area (Å²) in [5.74, 6) is -1.44. The number of furan rings is 1. The molecule has 1 aliphatic rings. The molecule has 1 aromatic heterocycles. The number of amides is 1. The van der Waals surface area contributed by atoms with Crippen molar-refractivity contribution in [2.24, 2.45) is 0 Å². The molecule has 1 amide bonds. The number of nitrogens with one attached hydrogen (secondary N) is 1. The summed E-state index contributed by atoms with van der Waals surface area (Å²) in [4.78, 5) is 13.8. The Morgan fingerprint density at radius 1 is 1.33 bits per heavy atom. The smallest absolute Gasteiger partial charge is 0.234 e. The lowest BCUT2D eigenvalue weighted by molar-refractivity contribution is -0.122. The molecule has 1 fully saturated rings. The lowest BCUT2D eigenvalue weighted by atomic mass is 10.0. The van der Waals surface area contributed by atoms with Gasteiger partial charge in [-0.2, -0.15) is 0 Å². The van der Waals surface area contributed by atoms with E-state index in [9.17, 15) is 18.7 Å². The first-order valence-corrected chi connectivity index (χ1v) is 7.69. The molecule has 2 unspecified atom stereocenters. The van der Waals surface area contributed by atoms with Gasteiger partial charge in [0.15, 0.2) is 11.6 Å². The molecule has 2 N–H and O–H groups in total. The maximum atomic E-state index is 13.5. The van der Waals surface area contributed by atoms with Crippen molar-refractivity contribution in [3.05, 3.63) is 59.6 Å². The maximum Gasteiger partial charge on any atom is 0.234 e. The Morgan fingerprint density at radius 3 is 2.88 bits per heavy atom. The third-order valence-corrected chi connectivity index (χ3v) is 4.10. The Balaban J connectivity index is 1.64. The van der Waals surface area contributed by atoms with Gasteiger partial charge in [-0.05, 0) is 36.2 Å². The minimum atomic E-state index is -0.934. The predicted octanol–water partition coefficient (Wildman–Crippen LogP) is 1.98. The summed E-state index contributed by atoms with van der Waals surface area (Å²) < 4.78 is 31.7. The van der Waals surface area contributed by atoms with Gasteiger partial charge in [-0.1, -0.05) is 6.07 Å². The molecule has 2 heterocycles. The summed E-state index contributed by atoms with van der Waals surface area (Å²) in [6.07, 6.45) is 1.29. The molecule has 0 saturated carbocycles. The highest BCUT2D eigenvalue weighted by atomic mass is 19.2. The SMILES string of the molecule is O=C(CN1CC(O)CC1c1ccc(F)c(F)c1)NCc1ccco1. The van der Waals surface area contributed by atoms with Gasteiger partial charge in [0.1, 0.15) is 5.76 Å². The van der Waals surface area contributed by atoms with Crippen molar-refractivity contribution in [3.63, 3.8) is 0 Å². The molecular formula is C17H18F2N2O3. The van der Waals surface area contributed by atoms with Crippen LogP contribution in [0.15, 0.2) is 41.0 Å². The van der Waals surface area contributed by atoms with Gasteiger partial charge in [-0.3, -0.25) is 9.69 Å². The highest BCUT2D eigenvalue weighted by molar-refractivity contribution is 5.78. The van der Waals surface area contributed by atoms with Crippen LogP contribution in [0, 0.1) is 11.6 Å². The molecule has 0 spiro atoms. The van der Waals surface area contributed by atoms with Gasteiger partial charge in [-0.15, -0.1) is 0 Å². The number of aliphatic hydroxyl groups is 1. The van der Waals surface area contributed by atoms with Crippen molar-refractivity contribution >= 4 is 5.91 Å². The van der Waals surface area contributed by atoms with Crippen LogP contribution in [0.4, 0.5) is 8.78 Å². The molecule has 1 aliphatic heterocycles. The summed E-state index contributed by atoms with van der Waals surface area (Å²) in [5.41, 5.74) is 0.546. The van der Waals surface area contributed by atoms with E-state index < -0.39 is 17.7 Å². The number of carbonyl (C=O) groups excluding carboxylic acids is 1. The second kappa shape index (κ2) is 7.11. The summed E-state index contributed by atoms with van der Waals surface area (Å²) in [5, 5.41) is 12.6. The first kappa shape index (κ1) is 16.6. The van der Waals surface area contributed by atoms with Gasteiger partial charge >= 0.3 is 0 Å². The number of hydrogen-bond acceptors (Lipinski definition) is 4. The molecule has 7 heteroatoms. The fraction of sp³-hybridized carbons (Fsp3) is 0.353. The Bertz CT molecular complexity index is 706. The van der Waals surface area contributed by atoms with E-state index in [0.717, 1.165) is 12.1 Å². The van der Waals surface area contributed by atoms with Gasteiger partial charge in [0.2, 0.25) is 5.91 Å². The van der Waals surface area contributed by atoms with Gasteiger partial charge in [0, 0.05) is 12.6 Å². The van der Waals surface area contributed by atoms with Crippen molar-refractivity contribution in [3.8, 4) is 0 Å². The third-order valence-electron chi connectivity index (χ3n) is 4.10. The normalized spacial score (nSPS) is 21.1. The fourth-order valence-corrected chi connectivity index (χ4v) is 2.96. The zero-order valence-electron chi connectivity index (χ0n) is 12.9. The average Bonchev–Trinajstić information content (AvgIpc) is 3.18. The van der Waals surface area contributed by atoms with E-state index in [1.807, 2.05) is 0 Å². The minimum absolute atomic E-state index is 0.0570. The Labute approximate surface area is 137 Å². The second-order valence-corrected chi connectivity index (χ2v) is 5.86. The van der Waals surface area contributed by atoms with Crippen LogP contribution in [0.3, 0.4) is 0 Å². The lowest BCUT2D eigenvalue weighted by Gasteiger charge is -2.23. The zero-order chi connectivity index (χ0) is 17.1. The maximum absolute atomic E-state index is 13.5. The number of β-amino-alcohol motifs (C(OH)–C–C–N with tert-alkyl or cyclic N) is 1. The quantitative estimate of drug-likeness (QED) is 0.876. The topological polar surface area (TPSA) is 65.7 Å². The standard InChI is InChI=1S/C17H18F2N2O3/c18-14-4-3-11(6-15(14)19)16-7-12(22)9-21(16)10-17(23)20-8-13-2-1-5-24-13/h1-6,12,16,22H,7-10H2,(H,20,23). The largest absolute Gasteiger partial charge is 0.467 e. The molecule has 0 aliphatic carbocycles. The highest BCUT2D eigenvalue weighted by Gasteiger charge is 2.33. The van der Waals surface area contributed by atoms with Crippen LogP contribution >= 0.6 is 0 Å². The van der Waals surface area contributed by atoms with Crippen LogP contribution in [0.25, 0.3) is 0 Å². The van der Waals surface area contributed by atoms with E-state index in [2.05, 4.69) is 5.32 Å². The van der Waals surface area contributed by atoms with Gasteiger partial charge in [0.05, 0.1) is 25.5 Å². The molecule has 128 valence electrons. The molecule has 24 heavy (non-hydrogen) atoms. The monoisotopic (exact) mass is 336 g/mol. The van der Waals surface area contributed by atoms with Crippen molar-refractivity contribution in [2.45, 2.75) is 25.1 Å². The second-order valence-electron chi connectivity index (χ2n) is 5.86. The fourth-order valence-electron chi connectivity index (χ4n) is 2.96. The first-order valence-electron chi connectivity index (χ1n) is 7.69. The number of hydrogen-bond donors (Lipinski definition) is 2. The van der Waals surface area contributed by atoms with Crippen LogP contribution in [0.1, 0.15) is 23.8 Å². The first-order chi connectivity index (χ1) is 11.5. The van der Waals surface area contributed by atoms with Crippen LogP contribution in [-0.2, 0) is 11.3 Å². The summed E-state index contributed by atoms with van der Waals surface area (Å²) in [7, 11) is 0. The van der Waals surface area contributed by atoms with Crippen LogP contribution in [0.5, 0.6) is 0 Å². The number of carbonyl (C=O) groups is 1. The lowest BCUT2D eigenvalue weighted by Crippen LogP contribution is -2.37. The van der Waals surface area contributed by atoms with Crippen molar-refractivity contribution in [1.29, 1.82) is 0 Å². The number of likely N-dealkylation sites (tertiary alicyclic amines) is 1. The Kier molecular flexibility index (Phi) is 4.92. The number of rotatable bonds is 5. The Hall–Kier alpha value is -2.25. The molecule has 2 aromatic rings. The van der Waals surface area contributed by atoms with E-state index in [1.54, 1.807) is 17.0 Å². The Morgan fingerprint density at radius 2 is 2.17 bits per heavy atom. The third kappa shape index (κ3) is 3.80. The van der Waals surface area contributed by atoms with E-state index >= 15 is 0 Å². The number of nitrogens with zero attached hydrogens (tertiary/aromatic N) is 1. The number of halogens is 2. The van der Waals surface area contributed by atoms with Crippen LogP contribution in [0.2, 0.25) is 0 Å². The highest BCUT2D eigenvalue weighted by Crippen LogP contribution is 2.32. The summed E-state index contributed by atoms with van der Waals surface area (Å²) in [6, 6.07) is 6.82. The minimum Gasteiger partial charge on any atom is -0.467 e. The summed E-state index contributed by atoms with van der Waals surface area (Å²) in [6.45, 7) is 0.636. The van der Waals surface area contributed by atoms with E-state index in [1.165, 1.54) is 12.3 Å². The molecule has 0 radical (unpaired) electrons. The number of benzene rings is 1. The van der Waals surface area contributed by atoms with Crippen molar-refractivity contribution in [2.75, 3.05) is 13.1 Å². The molecule has 0 bridgehead atoms. The van der Waals surface area contributed by atoms with Crippen molar-refractivity contribution in [1.82, 2.24) is 10.2 Å². The molecule has 1 saturated heterocycles. The average molecular weight is 336 g/mol. The van der Waals surface area contributed by atoms with E-state index in [-0.39, 0.29) is 25.0 Å². The van der Waals surface area contributed by atoms with Crippen LogP contribution in [-0.4, -0.2) is 35.1 Å². The van der Waals surface area contributed by atoms with E-state index in [0.29, 0.717) is 24.3 Å². The van der Waals surface area contributed by atoms with E-state index in [4.69, 9.17) is 4.42 Å². The van der Waals surface area contributed by atoms with Gasteiger partial charge in [-0.25, -0.2) is 8.78 Å². The molecular weight excluding hydrogens is 318 g/mol. The van der Waals surface area contributed by atoms with Crippen LogP contribution < -0.4 is 5.32 Å². The molecule has 5 nitrogen and oxygen atoms in total. The molecule has 3 rings (SSSR count). The molecule has 2 atom stereocenters. The molecule has 1 aromatic carbocycles.